The van der Waals surface area contributed by atoms with Crippen LogP contribution in [0.25, 0.3) is 10.1 Å². The zero-order valence-corrected chi connectivity index (χ0v) is 14.1. The van der Waals surface area contributed by atoms with Gasteiger partial charge in [-0.05, 0) is 62.0 Å². The van der Waals surface area contributed by atoms with Crippen molar-refractivity contribution in [3.63, 3.8) is 0 Å². The molecule has 2 heterocycles. The van der Waals surface area contributed by atoms with Gasteiger partial charge in [-0.3, -0.25) is 4.79 Å². The molecule has 1 aromatic carbocycles. The molecule has 2 aromatic rings. The van der Waals surface area contributed by atoms with Gasteiger partial charge in [-0.15, -0.1) is 11.3 Å². The van der Waals surface area contributed by atoms with Crippen LogP contribution in [0.1, 0.15) is 21.7 Å². The third-order valence-electron chi connectivity index (χ3n) is 4.40. The number of nitrogens with zero attached hydrogens (tertiary/aromatic N) is 1. The van der Waals surface area contributed by atoms with E-state index in [1.54, 1.807) is 18.4 Å². The lowest BCUT2D eigenvalue weighted by Gasteiger charge is -2.16. The molecule has 1 atom stereocenters. The normalized spacial score (nSPS) is 18.1. The molecule has 0 aliphatic carbocycles. The number of carbonyl (C=O) groups excluding carboxylic acids is 1. The summed E-state index contributed by atoms with van der Waals surface area (Å²) in [6, 6.07) is 6.01. The number of likely N-dealkylation sites (tertiary alicyclic amines) is 1. The minimum absolute atomic E-state index is 0.177. The van der Waals surface area contributed by atoms with Crippen LogP contribution in [0.15, 0.2) is 18.2 Å². The molecule has 118 valence electrons. The Balaban J connectivity index is 1.87. The molecule has 1 aliphatic rings. The van der Waals surface area contributed by atoms with Gasteiger partial charge in [-0.1, -0.05) is 0 Å². The molecule has 1 aromatic heterocycles. The van der Waals surface area contributed by atoms with Gasteiger partial charge in [0.1, 0.15) is 5.75 Å². The van der Waals surface area contributed by atoms with Gasteiger partial charge in [-0.2, -0.15) is 0 Å². The van der Waals surface area contributed by atoms with Crippen LogP contribution in [0, 0.1) is 12.8 Å². The van der Waals surface area contributed by atoms with E-state index in [2.05, 4.69) is 5.32 Å². The molecule has 1 amide bonds. The van der Waals surface area contributed by atoms with Gasteiger partial charge in [0.2, 0.25) is 0 Å². The van der Waals surface area contributed by atoms with E-state index in [1.807, 2.05) is 37.1 Å². The van der Waals surface area contributed by atoms with Crippen LogP contribution in [-0.2, 0) is 0 Å². The van der Waals surface area contributed by atoms with Gasteiger partial charge in [0.05, 0.1) is 12.0 Å². The average molecular weight is 318 g/mol. The molecule has 0 spiro atoms. The highest BCUT2D eigenvalue weighted by Gasteiger charge is 2.28. The molecular formula is C17H22N2O2S. The zero-order valence-electron chi connectivity index (χ0n) is 13.3. The maximum atomic E-state index is 12.8. The maximum absolute atomic E-state index is 12.8. The quantitative estimate of drug-likeness (QED) is 0.942. The molecule has 1 saturated heterocycles. The molecule has 1 fully saturated rings. The number of carbonyl (C=O) groups is 1. The van der Waals surface area contributed by atoms with Crippen molar-refractivity contribution < 1.29 is 9.53 Å². The summed E-state index contributed by atoms with van der Waals surface area (Å²) in [4.78, 5) is 15.7. The van der Waals surface area contributed by atoms with Crippen molar-refractivity contribution in [3.8, 4) is 5.75 Å². The van der Waals surface area contributed by atoms with Crippen molar-refractivity contribution in [2.45, 2.75) is 13.3 Å². The Hall–Kier alpha value is -1.59. The van der Waals surface area contributed by atoms with E-state index < -0.39 is 0 Å². The number of thiophene rings is 1. The second-order valence-corrected chi connectivity index (χ2v) is 6.93. The van der Waals surface area contributed by atoms with Crippen LogP contribution in [0.3, 0.4) is 0 Å². The molecule has 3 rings (SSSR count). The number of aryl methyl sites for hydroxylation is 1. The number of methoxy groups -OCH3 is 1. The average Bonchev–Trinajstić information content (AvgIpc) is 3.12. The van der Waals surface area contributed by atoms with E-state index in [9.17, 15) is 4.79 Å². The highest BCUT2D eigenvalue weighted by molar-refractivity contribution is 7.21. The van der Waals surface area contributed by atoms with Crippen LogP contribution in [-0.4, -0.2) is 44.6 Å². The van der Waals surface area contributed by atoms with Gasteiger partial charge >= 0.3 is 0 Å². The Bertz CT molecular complexity index is 695. The molecule has 1 N–H and O–H groups in total. The summed E-state index contributed by atoms with van der Waals surface area (Å²) in [5, 5.41) is 4.33. The fourth-order valence-electron chi connectivity index (χ4n) is 3.15. The number of fused-ring (bicyclic) bond motifs is 1. The summed E-state index contributed by atoms with van der Waals surface area (Å²) in [6.45, 7) is 4.73. The lowest BCUT2D eigenvalue weighted by atomic mass is 10.1. The largest absolute Gasteiger partial charge is 0.497 e. The predicted octanol–water partition coefficient (Wildman–Crippen LogP) is 2.90. The molecule has 4 nitrogen and oxygen atoms in total. The van der Waals surface area contributed by atoms with Gasteiger partial charge in [0, 0.05) is 17.8 Å². The van der Waals surface area contributed by atoms with E-state index in [1.165, 1.54) is 0 Å². The monoisotopic (exact) mass is 318 g/mol. The molecule has 22 heavy (non-hydrogen) atoms. The first-order valence-corrected chi connectivity index (χ1v) is 8.46. The first-order chi connectivity index (χ1) is 10.6. The second kappa shape index (κ2) is 6.26. The molecule has 0 unspecified atom stereocenters. The van der Waals surface area contributed by atoms with Crippen molar-refractivity contribution >= 4 is 27.3 Å². The summed E-state index contributed by atoms with van der Waals surface area (Å²) < 4.78 is 6.44. The summed E-state index contributed by atoms with van der Waals surface area (Å²) in [5.41, 5.74) is 1.07. The molecule has 0 radical (unpaired) electrons. The fraction of sp³-hybridized carbons (Fsp3) is 0.471. The van der Waals surface area contributed by atoms with Crippen LogP contribution in [0.2, 0.25) is 0 Å². The lowest BCUT2D eigenvalue weighted by Crippen LogP contribution is -2.30. The highest BCUT2D eigenvalue weighted by atomic mass is 32.1. The van der Waals surface area contributed by atoms with Gasteiger partial charge in [0.15, 0.2) is 0 Å². The van der Waals surface area contributed by atoms with Crippen molar-refractivity contribution in [2.75, 3.05) is 33.8 Å². The smallest absolute Gasteiger partial charge is 0.264 e. The first kappa shape index (κ1) is 15.3. The van der Waals surface area contributed by atoms with Crippen molar-refractivity contribution in [3.05, 3.63) is 28.6 Å². The van der Waals surface area contributed by atoms with Crippen molar-refractivity contribution in [2.24, 2.45) is 5.92 Å². The van der Waals surface area contributed by atoms with Crippen LogP contribution in [0.5, 0.6) is 5.75 Å². The van der Waals surface area contributed by atoms with Crippen LogP contribution < -0.4 is 10.1 Å². The van der Waals surface area contributed by atoms with E-state index in [-0.39, 0.29) is 5.91 Å². The summed E-state index contributed by atoms with van der Waals surface area (Å²) in [6.07, 6.45) is 1.09. The first-order valence-electron chi connectivity index (χ1n) is 7.65. The van der Waals surface area contributed by atoms with E-state index in [4.69, 9.17) is 4.74 Å². The van der Waals surface area contributed by atoms with E-state index >= 15 is 0 Å². The Kier molecular flexibility index (Phi) is 4.36. The molecular weight excluding hydrogens is 296 g/mol. The Morgan fingerprint density at radius 3 is 3.05 bits per heavy atom. The third kappa shape index (κ3) is 2.71. The van der Waals surface area contributed by atoms with Crippen LogP contribution in [0.4, 0.5) is 0 Å². The Labute approximate surface area is 135 Å². The minimum Gasteiger partial charge on any atom is -0.497 e. The van der Waals surface area contributed by atoms with Crippen LogP contribution >= 0.6 is 11.3 Å². The summed E-state index contributed by atoms with van der Waals surface area (Å²) in [7, 11) is 3.63. The second-order valence-electron chi connectivity index (χ2n) is 5.88. The summed E-state index contributed by atoms with van der Waals surface area (Å²) in [5.74, 6) is 1.59. The molecule has 1 aliphatic heterocycles. The SMILES string of the molecule is CNC[C@H]1CCN(C(=O)c2sc3ccc(OC)cc3c2C)C1. The molecule has 0 saturated carbocycles. The minimum atomic E-state index is 0.177. The Morgan fingerprint density at radius 2 is 2.32 bits per heavy atom. The van der Waals surface area contributed by atoms with Gasteiger partial charge < -0.3 is 15.0 Å². The topological polar surface area (TPSA) is 41.6 Å². The fourth-order valence-corrected chi connectivity index (χ4v) is 4.30. The lowest BCUT2D eigenvalue weighted by molar-refractivity contribution is 0.0791. The molecule has 0 bridgehead atoms. The number of hydrogen-bond donors (Lipinski definition) is 1. The van der Waals surface area contributed by atoms with Crippen molar-refractivity contribution in [1.29, 1.82) is 0 Å². The number of amides is 1. The zero-order chi connectivity index (χ0) is 15.7. The van der Waals surface area contributed by atoms with E-state index in [0.717, 1.165) is 52.3 Å². The van der Waals surface area contributed by atoms with Crippen molar-refractivity contribution in [1.82, 2.24) is 10.2 Å². The highest BCUT2D eigenvalue weighted by Crippen LogP contribution is 2.34. The number of benzene rings is 1. The number of rotatable bonds is 4. The number of nitrogens with one attached hydrogen (secondary N) is 1. The molecule has 5 heteroatoms. The number of hydrogen-bond acceptors (Lipinski definition) is 4. The summed E-state index contributed by atoms with van der Waals surface area (Å²) >= 11 is 1.59. The van der Waals surface area contributed by atoms with Gasteiger partial charge in [0.25, 0.3) is 5.91 Å². The van der Waals surface area contributed by atoms with Gasteiger partial charge in [-0.25, -0.2) is 0 Å². The maximum Gasteiger partial charge on any atom is 0.264 e. The Morgan fingerprint density at radius 1 is 1.50 bits per heavy atom. The van der Waals surface area contributed by atoms with E-state index in [0.29, 0.717) is 5.92 Å². The third-order valence-corrected chi connectivity index (χ3v) is 5.66. The predicted molar refractivity (Wildman–Crippen MR) is 91.1 cm³/mol. The standard InChI is InChI=1S/C17H22N2O2S/c1-11-14-8-13(21-3)4-5-15(14)22-16(11)17(20)19-7-6-12(10-19)9-18-2/h4-5,8,12,18H,6-7,9-10H2,1-3H3/t12-/m1/s1. The number of ether oxygens (including phenoxy) is 1.